The fraction of sp³-hybridized carbons (Fsp3) is 0.167. The smallest absolute Gasteiger partial charge is 0.147 e. The number of benzene rings is 4. The Morgan fingerprint density at radius 3 is 1.29 bits per heavy atom. The van der Waals surface area contributed by atoms with Crippen LogP contribution in [0, 0.1) is 13.8 Å². The third-order valence-electron chi connectivity index (χ3n) is 9.06. The van der Waals surface area contributed by atoms with Gasteiger partial charge in [0.2, 0.25) is 0 Å². The second kappa shape index (κ2) is 11.8. The van der Waals surface area contributed by atoms with Gasteiger partial charge < -0.3 is 0 Å². The Morgan fingerprint density at radius 2 is 0.905 bits per heavy atom. The number of aryl methyl sites for hydroxylation is 2. The van der Waals surface area contributed by atoms with E-state index in [0.29, 0.717) is 0 Å². The Bertz CT molecular complexity index is 1730. The maximum Gasteiger partial charge on any atom is -0.147 e. The average molecular weight is 691 g/mol. The zero-order valence-electron chi connectivity index (χ0n) is 24.4. The summed E-state index contributed by atoms with van der Waals surface area (Å²) in [5.74, 6) is 0.217. The van der Waals surface area contributed by atoms with Crippen LogP contribution in [-0.4, -0.2) is 18.4 Å². The van der Waals surface area contributed by atoms with E-state index in [1.807, 2.05) is 62.4 Å². The first-order valence-corrected chi connectivity index (χ1v) is 27.6. The molecule has 0 heterocycles. The molecule has 0 saturated heterocycles. The maximum atomic E-state index is 14.4. The van der Waals surface area contributed by atoms with E-state index in [1.54, 1.807) is 0 Å². The van der Waals surface area contributed by atoms with Crippen LogP contribution in [0.15, 0.2) is 108 Å². The van der Waals surface area contributed by atoms with Crippen molar-refractivity contribution in [1.82, 2.24) is 0 Å². The largest absolute Gasteiger partial charge is 0.147 e. The van der Waals surface area contributed by atoms with Gasteiger partial charge in [-0.2, -0.15) is 0 Å². The summed E-state index contributed by atoms with van der Waals surface area (Å²) in [5, 5.41) is 0. The van der Waals surface area contributed by atoms with Crippen LogP contribution in [0.5, 0.6) is 0 Å². The van der Waals surface area contributed by atoms with Crippen LogP contribution in [0.3, 0.4) is 0 Å². The molecule has 0 aromatic heterocycles. The summed E-state index contributed by atoms with van der Waals surface area (Å²) in [6, 6.07) is 32.7. The number of carbonyl (C=O) groups is 2. The third kappa shape index (κ3) is 5.22. The fourth-order valence-corrected chi connectivity index (χ4v) is 25.6. The van der Waals surface area contributed by atoms with Gasteiger partial charge in [0, 0.05) is 0 Å². The first kappa shape index (κ1) is 32.3. The zero-order chi connectivity index (χ0) is 28.3. The molecule has 0 aliphatic heterocycles. The zero-order valence-corrected chi connectivity index (χ0v) is 29.9. The Morgan fingerprint density at radius 1 is 0.571 bits per heavy atom. The van der Waals surface area contributed by atoms with Gasteiger partial charge in [0.15, 0.2) is 0 Å². The van der Waals surface area contributed by atoms with E-state index in [1.165, 1.54) is 11.1 Å². The van der Waals surface area contributed by atoms with Crippen molar-refractivity contribution in [2.45, 2.75) is 30.4 Å². The molecule has 2 unspecified atom stereocenters. The molecule has 2 nitrogen and oxygen atoms in total. The minimum absolute atomic E-state index is 0. The van der Waals surface area contributed by atoms with Crippen molar-refractivity contribution in [3.05, 3.63) is 153 Å². The molecule has 0 fully saturated rings. The van der Waals surface area contributed by atoms with Crippen LogP contribution >= 0.6 is 24.8 Å². The summed E-state index contributed by atoms with van der Waals surface area (Å²) in [7, 11) is 0. The van der Waals surface area contributed by atoms with Gasteiger partial charge in [-0.3, -0.25) is 0 Å². The molecule has 42 heavy (non-hydrogen) atoms. The summed E-state index contributed by atoms with van der Waals surface area (Å²) in [6.07, 6.45) is 4.27. The van der Waals surface area contributed by atoms with Gasteiger partial charge in [-0.1, -0.05) is 0 Å². The minimum Gasteiger partial charge on any atom is -0.147 e. The van der Waals surface area contributed by atoms with Crippen LogP contribution in [0.1, 0.15) is 61.3 Å². The number of hydrogen-bond donors (Lipinski definition) is 0. The molecule has 0 bridgehead atoms. The number of fused-ring (bicyclic) bond motifs is 2. The number of Topliss-reactive ketones (excluding diaryl/α,β-unsaturated/α-hetero) is 2. The van der Waals surface area contributed by atoms with E-state index in [0.717, 1.165) is 44.5 Å². The summed E-state index contributed by atoms with van der Waals surface area (Å²) in [5.41, 5.74) is 9.99. The van der Waals surface area contributed by atoms with Crippen molar-refractivity contribution in [2.24, 2.45) is 0 Å². The number of hydrogen-bond acceptors (Lipinski definition) is 2. The molecule has 4 aromatic carbocycles. The SMILES string of the molecule is Cc1ccccc1C(=O)C1=Cc2ccccc2[CH]1[Zr]([CH3])([CH3])(=[SiH2])[CH]1C(C(=O)c2ccccc2C)=Cc2ccccc21.Cl.Cl. The van der Waals surface area contributed by atoms with Crippen LogP contribution in [0.2, 0.25) is 9.26 Å². The molecule has 0 radical (unpaired) electrons. The molecule has 0 amide bonds. The number of halogens is 2. The monoisotopic (exact) mass is 688 g/mol. The van der Waals surface area contributed by atoms with Crippen LogP contribution in [0.25, 0.3) is 12.2 Å². The molecule has 2 aliphatic carbocycles. The second-order valence-electron chi connectivity index (χ2n) is 12.5. The van der Waals surface area contributed by atoms with Gasteiger partial charge in [-0.25, -0.2) is 0 Å². The van der Waals surface area contributed by atoms with Gasteiger partial charge >= 0.3 is 241 Å². The third-order valence-corrected chi connectivity index (χ3v) is 26.3. The number of allylic oxidation sites excluding steroid dienone is 2. The van der Waals surface area contributed by atoms with Crippen molar-refractivity contribution in [1.29, 1.82) is 0 Å². The molecule has 2 aliphatic rings. The van der Waals surface area contributed by atoms with Crippen molar-refractivity contribution in [3.8, 4) is 0 Å². The minimum atomic E-state index is -4.17. The van der Waals surface area contributed by atoms with Crippen LogP contribution in [-0.2, 0) is 17.4 Å². The van der Waals surface area contributed by atoms with E-state index in [9.17, 15) is 9.59 Å². The molecular weight excluding hydrogens is 655 g/mol. The maximum absolute atomic E-state index is 14.4. The predicted molar refractivity (Wildman–Crippen MR) is 180 cm³/mol. The van der Waals surface area contributed by atoms with Crippen molar-refractivity contribution >= 4 is 55.4 Å². The summed E-state index contributed by atoms with van der Waals surface area (Å²) in [4.78, 5) is 28.7. The Hall–Kier alpha value is -2.62. The fourth-order valence-electron chi connectivity index (χ4n) is 7.22. The number of ketones is 2. The summed E-state index contributed by atoms with van der Waals surface area (Å²) >= 11 is -4.17. The molecule has 214 valence electrons. The number of carbonyl (C=O) groups excluding carboxylic acids is 2. The quantitative estimate of drug-likeness (QED) is 0.150. The Labute approximate surface area is 263 Å². The topological polar surface area (TPSA) is 34.1 Å². The van der Waals surface area contributed by atoms with E-state index in [-0.39, 0.29) is 43.6 Å². The van der Waals surface area contributed by atoms with E-state index < -0.39 is 17.4 Å². The van der Waals surface area contributed by atoms with Gasteiger partial charge in [0.05, 0.1) is 0 Å². The van der Waals surface area contributed by atoms with E-state index >= 15 is 0 Å². The van der Waals surface area contributed by atoms with Crippen LogP contribution < -0.4 is 0 Å². The summed E-state index contributed by atoms with van der Waals surface area (Å²) < 4.78 is 4.92. The molecule has 0 N–H and O–H groups in total. The van der Waals surface area contributed by atoms with Crippen LogP contribution in [0.4, 0.5) is 0 Å². The average Bonchev–Trinajstić information content (AvgIpc) is 3.53. The number of rotatable bonds is 6. The molecule has 6 rings (SSSR count). The van der Waals surface area contributed by atoms with Crippen molar-refractivity contribution < 1.29 is 27.0 Å². The van der Waals surface area contributed by atoms with Gasteiger partial charge in [0.1, 0.15) is 0 Å². The first-order chi connectivity index (χ1) is 19.1. The Kier molecular flexibility index (Phi) is 9.08. The second-order valence-corrected chi connectivity index (χ2v) is 43.0. The molecule has 4 aromatic rings. The predicted octanol–water partition coefficient (Wildman–Crippen LogP) is 8.82. The van der Waals surface area contributed by atoms with E-state index in [2.05, 4.69) is 76.8 Å². The molecular formula is C36H36Cl2O2SiZr. The van der Waals surface area contributed by atoms with Gasteiger partial charge in [-0.15, -0.1) is 24.8 Å². The Balaban J connectivity index is 0.00000202. The van der Waals surface area contributed by atoms with Crippen molar-refractivity contribution in [2.75, 3.05) is 0 Å². The molecule has 6 heteroatoms. The molecule has 0 spiro atoms. The molecule has 2 atom stereocenters. The molecule has 0 saturated carbocycles. The van der Waals surface area contributed by atoms with E-state index in [4.69, 9.17) is 0 Å². The standard InChI is InChI=1S/2C17H13O.2CH3.2ClH.H2Si.Zr/c2*1-12-6-2-5-9-16(12)17(18)15-10-13-7-3-4-8-14(13)11-15;;;;;;/h2*2-11H,1H3;2*1H3;2*1H;1H2;. The normalized spacial score (nSPS) is 17.2. The first-order valence-electron chi connectivity index (χ1n) is 14.0. The summed E-state index contributed by atoms with van der Waals surface area (Å²) in [6.45, 7) is 6.18. The van der Waals surface area contributed by atoms with Crippen molar-refractivity contribution in [3.63, 3.8) is 0 Å². The van der Waals surface area contributed by atoms with Gasteiger partial charge in [-0.05, 0) is 0 Å². The van der Waals surface area contributed by atoms with Gasteiger partial charge in [0.25, 0.3) is 0 Å².